The number of fused-ring (bicyclic) bond motifs is 1. The number of hydrogen-bond donors (Lipinski definition) is 1. The summed E-state index contributed by atoms with van der Waals surface area (Å²) in [6, 6.07) is 24.1. The maximum absolute atomic E-state index is 9.44. The van der Waals surface area contributed by atoms with Crippen LogP contribution >= 0.6 is 11.3 Å². The quantitative estimate of drug-likeness (QED) is 0.478. The van der Waals surface area contributed by atoms with Gasteiger partial charge in [-0.3, -0.25) is 0 Å². The van der Waals surface area contributed by atoms with E-state index in [2.05, 4.69) is 22.4 Å². The van der Waals surface area contributed by atoms with Crippen molar-refractivity contribution in [3.05, 3.63) is 83.7 Å². The molecule has 5 heteroatoms. The molecule has 4 nitrogen and oxygen atoms in total. The number of benzene rings is 3. The van der Waals surface area contributed by atoms with E-state index in [1.165, 1.54) is 11.3 Å². The molecule has 1 aliphatic rings. The van der Waals surface area contributed by atoms with Crippen molar-refractivity contribution in [2.75, 3.05) is 18.0 Å². The molecule has 1 aliphatic heterocycles. The highest BCUT2D eigenvalue weighted by atomic mass is 32.1. The Morgan fingerprint density at radius 3 is 2.48 bits per heavy atom. The molecule has 3 aromatic carbocycles. The Balaban J connectivity index is 1.27. The molecule has 1 N–H and O–H groups in total. The molecule has 0 atom stereocenters. The summed E-state index contributed by atoms with van der Waals surface area (Å²) >= 11 is 1.52. The third-order valence-corrected chi connectivity index (χ3v) is 5.83. The largest absolute Gasteiger partial charge is 0.489 e. The highest BCUT2D eigenvalue weighted by Gasteiger charge is 2.24. The molecule has 1 saturated heterocycles. The number of β-amino-alcohol motifs (C(OH)–C–C–N with tert-alkyl or cyclic N) is 1. The summed E-state index contributed by atoms with van der Waals surface area (Å²) in [7, 11) is 0. The van der Waals surface area contributed by atoms with Crippen LogP contribution in [-0.4, -0.2) is 24.3 Å². The zero-order chi connectivity index (χ0) is 19.6. The van der Waals surface area contributed by atoms with Crippen LogP contribution in [0.5, 0.6) is 17.2 Å². The average Bonchev–Trinajstić information content (AvgIpc) is 3.13. The first kappa shape index (κ1) is 18.0. The predicted octanol–water partition coefficient (Wildman–Crippen LogP) is 5.25. The number of aliphatic hydroxyl groups excluding tert-OH is 1. The van der Waals surface area contributed by atoms with Gasteiger partial charge >= 0.3 is 0 Å². The van der Waals surface area contributed by atoms with Crippen LogP contribution < -0.4 is 14.4 Å². The molecule has 0 amide bonds. The molecule has 0 unspecified atom stereocenters. The number of hydrogen-bond acceptors (Lipinski definition) is 5. The topological polar surface area (TPSA) is 41.9 Å². The second-order valence-corrected chi connectivity index (χ2v) is 7.97. The lowest BCUT2D eigenvalue weighted by Gasteiger charge is -2.37. The van der Waals surface area contributed by atoms with E-state index in [1.807, 2.05) is 60.7 Å². The van der Waals surface area contributed by atoms with E-state index in [0.29, 0.717) is 19.7 Å². The van der Waals surface area contributed by atoms with Crippen molar-refractivity contribution < 1.29 is 14.6 Å². The summed E-state index contributed by atoms with van der Waals surface area (Å²) in [5.74, 6) is 2.34. The van der Waals surface area contributed by atoms with Gasteiger partial charge in [0.25, 0.3) is 0 Å². The fourth-order valence-corrected chi connectivity index (χ4v) is 4.15. The number of aliphatic hydroxyl groups is 1. The van der Waals surface area contributed by atoms with Gasteiger partial charge in [0.05, 0.1) is 11.5 Å². The van der Waals surface area contributed by atoms with Crippen molar-refractivity contribution in [2.45, 2.75) is 12.7 Å². The van der Waals surface area contributed by atoms with Gasteiger partial charge in [-0.1, -0.05) is 30.3 Å². The average molecular weight is 402 g/mol. The minimum absolute atomic E-state index is 0.209. The van der Waals surface area contributed by atoms with Gasteiger partial charge in [0, 0.05) is 28.9 Å². The van der Waals surface area contributed by atoms with Gasteiger partial charge in [-0.05, 0) is 48.0 Å². The van der Waals surface area contributed by atoms with Gasteiger partial charge in [-0.25, -0.2) is 0 Å². The van der Waals surface area contributed by atoms with E-state index in [1.54, 1.807) is 0 Å². The van der Waals surface area contributed by atoms with E-state index in [4.69, 9.17) is 9.47 Å². The minimum atomic E-state index is -0.209. The summed E-state index contributed by atoms with van der Waals surface area (Å²) < 4.78 is 13.1. The van der Waals surface area contributed by atoms with Crippen molar-refractivity contribution in [1.82, 2.24) is 0 Å². The second-order valence-electron chi connectivity index (χ2n) is 7.12. The Kier molecular flexibility index (Phi) is 4.84. The van der Waals surface area contributed by atoms with Crippen molar-refractivity contribution in [1.29, 1.82) is 0 Å². The second kappa shape index (κ2) is 7.78. The molecule has 2 heterocycles. The van der Waals surface area contributed by atoms with Crippen LogP contribution in [-0.2, 0) is 6.61 Å². The first-order valence-electron chi connectivity index (χ1n) is 9.56. The van der Waals surface area contributed by atoms with Crippen LogP contribution in [0.1, 0.15) is 5.56 Å². The normalized spacial score (nSPS) is 14.0. The summed E-state index contributed by atoms with van der Waals surface area (Å²) in [5.41, 5.74) is 2.24. The van der Waals surface area contributed by atoms with Gasteiger partial charge in [0.2, 0.25) is 0 Å². The van der Waals surface area contributed by atoms with Gasteiger partial charge in [-0.2, -0.15) is 0 Å². The molecule has 29 heavy (non-hydrogen) atoms. The molecule has 0 bridgehead atoms. The molecule has 0 aliphatic carbocycles. The molecule has 1 fully saturated rings. The monoisotopic (exact) mass is 402 g/mol. The van der Waals surface area contributed by atoms with Crippen molar-refractivity contribution in [3.63, 3.8) is 0 Å². The molecule has 145 valence electrons. The summed E-state index contributed by atoms with van der Waals surface area (Å²) in [4.78, 5) is 2.14. The molecule has 1 aromatic heterocycles. The zero-order valence-electron chi connectivity index (χ0n) is 15.7. The van der Waals surface area contributed by atoms with Crippen LogP contribution in [0.3, 0.4) is 0 Å². The third kappa shape index (κ3) is 3.92. The molecule has 0 saturated carbocycles. The number of nitrogens with zero attached hydrogens (tertiary/aromatic N) is 1. The number of anilines is 1. The minimum Gasteiger partial charge on any atom is -0.489 e. The molecular weight excluding hydrogens is 382 g/mol. The number of rotatable bonds is 6. The fraction of sp³-hybridized carbons (Fsp3) is 0.167. The Bertz CT molecular complexity index is 1100. The third-order valence-electron chi connectivity index (χ3n) is 4.98. The van der Waals surface area contributed by atoms with E-state index in [0.717, 1.165) is 38.6 Å². The van der Waals surface area contributed by atoms with Gasteiger partial charge < -0.3 is 19.5 Å². The Morgan fingerprint density at radius 1 is 0.966 bits per heavy atom. The van der Waals surface area contributed by atoms with Crippen LogP contribution in [0.4, 0.5) is 5.69 Å². The van der Waals surface area contributed by atoms with Gasteiger partial charge in [0.1, 0.15) is 18.1 Å². The van der Waals surface area contributed by atoms with E-state index in [-0.39, 0.29) is 6.10 Å². The summed E-state index contributed by atoms with van der Waals surface area (Å²) in [6.07, 6.45) is -0.209. The highest BCUT2D eigenvalue weighted by Crippen LogP contribution is 2.37. The molecule has 1 radical (unpaired) electrons. The molecular formula is C24H20NO3S. The van der Waals surface area contributed by atoms with Crippen LogP contribution in [0, 0.1) is 5.38 Å². The number of ether oxygens (including phenoxy) is 2. The number of thiophene rings is 1. The lowest BCUT2D eigenvalue weighted by atomic mass is 10.1. The summed E-state index contributed by atoms with van der Waals surface area (Å²) in [5, 5.41) is 13.7. The molecule has 0 spiro atoms. The zero-order valence-corrected chi connectivity index (χ0v) is 16.6. The maximum Gasteiger partial charge on any atom is 0.154 e. The smallest absolute Gasteiger partial charge is 0.154 e. The SMILES string of the molecule is OC1CN(c2ccc(Oc3[c]sc4cc(OCc5ccccc5)ccc34)cc2)C1. The molecule has 5 rings (SSSR count). The highest BCUT2D eigenvalue weighted by molar-refractivity contribution is 7.17. The first-order valence-corrected chi connectivity index (χ1v) is 10.4. The maximum atomic E-state index is 9.44. The van der Waals surface area contributed by atoms with E-state index in [9.17, 15) is 5.11 Å². The lowest BCUT2D eigenvalue weighted by molar-refractivity contribution is 0.142. The standard InChI is InChI=1S/C24H20NO3S/c26-19-13-25(14-19)18-6-8-20(9-7-18)28-23-16-29-24-12-21(10-11-22(23)24)27-15-17-4-2-1-3-5-17/h1-12,19,26H,13-15H2. The van der Waals surface area contributed by atoms with Crippen molar-refractivity contribution >= 4 is 27.1 Å². The van der Waals surface area contributed by atoms with Crippen molar-refractivity contribution in [2.24, 2.45) is 0 Å². The fourth-order valence-electron chi connectivity index (χ4n) is 3.35. The Labute approximate surface area is 173 Å². The van der Waals surface area contributed by atoms with Gasteiger partial charge in [0.15, 0.2) is 5.75 Å². The summed E-state index contributed by atoms with van der Waals surface area (Å²) in [6.45, 7) is 1.93. The Hall–Kier alpha value is -3.02. The van der Waals surface area contributed by atoms with E-state index < -0.39 is 0 Å². The Morgan fingerprint density at radius 2 is 1.72 bits per heavy atom. The van der Waals surface area contributed by atoms with Crippen LogP contribution in [0.2, 0.25) is 0 Å². The predicted molar refractivity (Wildman–Crippen MR) is 116 cm³/mol. The van der Waals surface area contributed by atoms with Gasteiger partial charge in [-0.15, -0.1) is 11.3 Å². The van der Waals surface area contributed by atoms with Crippen LogP contribution in [0.15, 0.2) is 72.8 Å². The first-order chi connectivity index (χ1) is 14.2. The van der Waals surface area contributed by atoms with Crippen molar-refractivity contribution in [3.8, 4) is 17.2 Å². The van der Waals surface area contributed by atoms with E-state index >= 15 is 0 Å². The molecule has 4 aromatic rings. The lowest BCUT2D eigenvalue weighted by Crippen LogP contribution is -2.50. The van der Waals surface area contributed by atoms with Crippen LogP contribution in [0.25, 0.3) is 10.1 Å².